The van der Waals surface area contributed by atoms with E-state index in [9.17, 15) is 9.59 Å². The molecule has 4 rings (SSSR count). The Morgan fingerprint density at radius 1 is 1.27 bits per heavy atom. The number of piperidine rings is 1. The molecular formula is C22H25N3O4S. The van der Waals surface area contributed by atoms with E-state index in [1.165, 1.54) is 18.4 Å². The zero-order valence-electron chi connectivity index (χ0n) is 17.4. The van der Waals surface area contributed by atoms with Crippen LogP contribution in [0.3, 0.4) is 0 Å². The maximum Gasteiger partial charge on any atom is 0.341 e. The average Bonchev–Trinajstić information content (AvgIpc) is 3.29. The van der Waals surface area contributed by atoms with E-state index in [0.29, 0.717) is 10.6 Å². The van der Waals surface area contributed by atoms with Crippen LogP contribution in [0.25, 0.3) is 11.1 Å². The van der Waals surface area contributed by atoms with Crippen molar-refractivity contribution in [1.82, 2.24) is 9.88 Å². The Bertz CT molecular complexity index is 1050. The molecule has 30 heavy (non-hydrogen) atoms. The molecule has 0 unspecified atom stereocenters. The first-order chi connectivity index (χ1) is 14.5. The number of aryl methyl sites for hydroxylation is 1. The number of anilines is 1. The van der Waals surface area contributed by atoms with Gasteiger partial charge in [0, 0.05) is 10.8 Å². The zero-order chi connectivity index (χ0) is 21.3. The van der Waals surface area contributed by atoms with Crippen LogP contribution in [0.4, 0.5) is 5.00 Å². The largest absolute Gasteiger partial charge is 0.465 e. The van der Waals surface area contributed by atoms with Crippen molar-refractivity contribution in [1.29, 1.82) is 0 Å². The molecule has 2 aromatic heterocycles. The van der Waals surface area contributed by atoms with Gasteiger partial charge >= 0.3 is 5.97 Å². The standard InChI is InChI=1S/C22H25N3O4S/c1-13-14(2)30-21(19(13)22(27)28-3)24-18(26)12-25-10-8-15(9-11-25)20-23-16-6-4-5-7-17(16)29-20/h4-7,15H,8-12H2,1-3H3,(H,24,26). The molecule has 0 bridgehead atoms. The molecule has 1 aliphatic heterocycles. The van der Waals surface area contributed by atoms with E-state index in [4.69, 9.17) is 9.15 Å². The third-order valence-electron chi connectivity index (χ3n) is 5.64. The molecule has 8 heteroatoms. The van der Waals surface area contributed by atoms with Gasteiger partial charge in [0.1, 0.15) is 10.5 Å². The van der Waals surface area contributed by atoms with Gasteiger partial charge in [-0.1, -0.05) is 12.1 Å². The van der Waals surface area contributed by atoms with Gasteiger partial charge in [-0.2, -0.15) is 0 Å². The fourth-order valence-corrected chi connectivity index (χ4v) is 4.90. The smallest absolute Gasteiger partial charge is 0.341 e. The summed E-state index contributed by atoms with van der Waals surface area (Å²) in [5.74, 6) is 0.505. The van der Waals surface area contributed by atoms with E-state index < -0.39 is 5.97 Å². The Kier molecular flexibility index (Phi) is 5.87. The Hall–Kier alpha value is -2.71. The Balaban J connectivity index is 1.35. The van der Waals surface area contributed by atoms with Crippen LogP contribution < -0.4 is 5.32 Å². The van der Waals surface area contributed by atoms with Gasteiger partial charge in [0.25, 0.3) is 0 Å². The molecule has 0 spiro atoms. The molecule has 1 aliphatic rings. The second kappa shape index (κ2) is 8.57. The highest BCUT2D eigenvalue weighted by Gasteiger charge is 2.27. The molecule has 1 N–H and O–H groups in total. The number of methoxy groups -OCH3 is 1. The summed E-state index contributed by atoms with van der Waals surface area (Å²) in [5, 5.41) is 3.46. The third-order valence-corrected chi connectivity index (χ3v) is 6.76. The van der Waals surface area contributed by atoms with Gasteiger partial charge in [0.15, 0.2) is 11.5 Å². The zero-order valence-corrected chi connectivity index (χ0v) is 18.2. The molecule has 0 saturated carbocycles. The van der Waals surface area contributed by atoms with Crippen LogP contribution in [0.5, 0.6) is 0 Å². The number of carbonyl (C=O) groups excluding carboxylic acids is 2. The van der Waals surface area contributed by atoms with Gasteiger partial charge < -0.3 is 14.5 Å². The molecule has 1 saturated heterocycles. The minimum atomic E-state index is -0.425. The molecule has 158 valence electrons. The van der Waals surface area contributed by atoms with E-state index in [0.717, 1.165) is 53.4 Å². The third kappa shape index (κ3) is 4.11. The predicted octanol–water partition coefficient (Wildman–Crippen LogP) is 4.11. The van der Waals surface area contributed by atoms with Gasteiger partial charge in [-0.05, 0) is 57.5 Å². The Morgan fingerprint density at radius 3 is 2.70 bits per heavy atom. The number of likely N-dealkylation sites (tertiary alicyclic amines) is 1. The molecule has 0 radical (unpaired) electrons. The van der Waals surface area contributed by atoms with Crippen molar-refractivity contribution >= 4 is 39.3 Å². The first kappa shape index (κ1) is 20.6. The van der Waals surface area contributed by atoms with Crippen LogP contribution in [0.2, 0.25) is 0 Å². The number of carbonyl (C=O) groups is 2. The summed E-state index contributed by atoms with van der Waals surface area (Å²) in [6, 6.07) is 7.79. The van der Waals surface area contributed by atoms with Gasteiger partial charge in [-0.3, -0.25) is 9.69 Å². The van der Waals surface area contributed by atoms with Gasteiger partial charge in [0.05, 0.1) is 19.2 Å². The summed E-state index contributed by atoms with van der Waals surface area (Å²) in [5.41, 5.74) is 3.00. The summed E-state index contributed by atoms with van der Waals surface area (Å²) >= 11 is 1.40. The molecule has 1 aromatic carbocycles. The van der Waals surface area contributed by atoms with Crippen molar-refractivity contribution < 1.29 is 18.7 Å². The summed E-state index contributed by atoms with van der Waals surface area (Å²) in [4.78, 5) is 32.4. The minimum absolute atomic E-state index is 0.123. The van der Waals surface area contributed by atoms with E-state index in [-0.39, 0.29) is 18.4 Å². The summed E-state index contributed by atoms with van der Waals surface area (Å²) in [7, 11) is 1.35. The van der Waals surface area contributed by atoms with E-state index in [2.05, 4.69) is 15.2 Å². The number of nitrogens with zero attached hydrogens (tertiary/aromatic N) is 2. The summed E-state index contributed by atoms with van der Waals surface area (Å²) in [6.45, 7) is 5.67. The van der Waals surface area contributed by atoms with Crippen LogP contribution in [0.15, 0.2) is 28.7 Å². The van der Waals surface area contributed by atoms with Crippen molar-refractivity contribution in [3.63, 3.8) is 0 Å². The highest BCUT2D eigenvalue weighted by atomic mass is 32.1. The van der Waals surface area contributed by atoms with Crippen LogP contribution in [-0.2, 0) is 9.53 Å². The number of aromatic nitrogens is 1. The van der Waals surface area contributed by atoms with Crippen molar-refractivity contribution in [2.75, 3.05) is 32.1 Å². The second-order valence-corrected chi connectivity index (χ2v) is 8.82. The molecule has 3 aromatic rings. The van der Waals surface area contributed by atoms with Crippen LogP contribution in [0, 0.1) is 13.8 Å². The number of para-hydroxylation sites is 2. The number of esters is 1. The quantitative estimate of drug-likeness (QED) is 0.617. The number of rotatable bonds is 5. The van der Waals surface area contributed by atoms with E-state index >= 15 is 0 Å². The predicted molar refractivity (Wildman–Crippen MR) is 116 cm³/mol. The van der Waals surface area contributed by atoms with Gasteiger partial charge in [-0.25, -0.2) is 9.78 Å². The maximum atomic E-state index is 12.6. The van der Waals surface area contributed by atoms with Crippen molar-refractivity contribution in [2.45, 2.75) is 32.6 Å². The highest BCUT2D eigenvalue weighted by Crippen LogP contribution is 2.33. The number of ether oxygens (including phenoxy) is 1. The number of oxazole rings is 1. The molecule has 0 atom stereocenters. The number of thiophene rings is 1. The van der Waals surface area contributed by atoms with Gasteiger partial charge in [-0.15, -0.1) is 11.3 Å². The average molecular weight is 428 g/mol. The lowest BCUT2D eigenvalue weighted by molar-refractivity contribution is -0.117. The van der Waals surface area contributed by atoms with Crippen molar-refractivity contribution in [3.8, 4) is 0 Å². The van der Waals surface area contributed by atoms with E-state index in [1.54, 1.807) is 0 Å². The number of amides is 1. The van der Waals surface area contributed by atoms with Crippen LogP contribution in [0.1, 0.15) is 45.4 Å². The molecule has 1 fully saturated rings. The molecule has 0 aliphatic carbocycles. The van der Waals surface area contributed by atoms with Crippen LogP contribution in [-0.4, -0.2) is 48.5 Å². The highest BCUT2D eigenvalue weighted by molar-refractivity contribution is 7.16. The maximum absolute atomic E-state index is 12.6. The monoisotopic (exact) mass is 427 g/mol. The summed E-state index contributed by atoms with van der Waals surface area (Å²) in [6.07, 6.45) is 1.79. The molecule has 3 heterocycles. The second-order valence-electron chi connectivity index (χ2n) is 7.60. The van der Waals surface area contributed by atoms with Gasteiger partial charge in [0.2, 0.25) is 5.91 Å². The fourth-order valence-electron chi connectivity index (χ4n) is 3.83. The lowest BCUT2D eigenvalue weighted by Gasteiger charge is -2.29. The number of benzene rings is 1. The molecular weight excluding hydrogens is 402 g/mol. The normalized spacial score (nSPS) is 15.4. The number of hydrogen-bond donors (Lipinski definition) is 1. The lowest BCUT2D eigenvalue weighted by atomic mass is 9.97. The molecule has 7 nitrogen and oxygen atoms in total. The van der Waals surface area contributed by atoms with Crippen molar-refractivity contribution in [2.24, 2.45) is 0 Å². The Morgan fingerprint density at radius 2 is 2.00 bits per heavy atom. The first-order valence-electron chi connectivity index (χ1n) is 10.0. The lowest BCUT2D eigenvalue weighted by Crippen LogP contribution is -2.38. The van der Waals surface area contributed by atoms with E-state index in [1.807, 2.05) is 38.1 Å². The van der Waals surface area contributed by atoms with Crippen molar-refractivity contribution in [3.05, 3.63) is 46.2 Å². The fraction of sp³-hybridized carbons (Fsp3) is 0.409. The number of nitrogens with one attached hydrogen (secondary N) is 1. The number of fused-ring (bicyclic) bond motifs is 1. The van der Waals surface area contributed by atoms with Crippen LogP contribution >= 0.6 is 11.3 Å². The SMILES string of the molecule is COC(=O)c1c(NC(=O)CN2CCC(c3nc4ccccc4o3)CC2)sc(C)c1C. The summed E-state index contributed by atoms with van der Waals surface area (Å²) < 4.78 is 10.8. The number of hydrogen-bond acceptors (Lipinski definition) is 7. The minimum Gasteiger partial charge on any atom is -0.465 e. The Labute approximate surface area is 179 Å². The first-order valence-corrected chi connectivity index (χ1v) is 10.8. The molecule has 1 amide bonds. The topological polar surface area (TPSA) is 84.7 Å².